The summed E-state index contributed by atoms with van der Waals surface area (Å²) in [6.45, 7) is 1.86. The van der Waals surface area contributed by atoms with Crippen molar-refractivity contribution in [2.24, 2.45) is 4.99 Å². The molecule has 3 aromatic rings. The minimum absolute atomic E-state index is 0.533. The summed E-state index contributed by atoms with van der Waals surface area (Å²) < 4.78 is 12.7. The minimum Gasteiger partial charge on any atom is -0.497 e. The molecule has 0 saturated heterocycles. The zero-order valence-corrected chi connectivity index (χ0v) is 16.1. The number of rotatable bonds is 8. The fourth-order valence-corrected chi connectivity index (χ4v) is 2.60. The van der Waals surface area contributed by atoms with Crippen LogP contribution in [-0.2, 0) is 6.54 Å². The molecule has 0 spiro atoms. The van der Waals surface area contributed by atoms with Gasteiger partial charge in [-0.25, -0.2) is 4.68 Å². The number of nitrogens with one attached hydrogen (secondary N) is 2. The summed E-state index contributed by atoms with van der Waals surface area (Å²) >= 11 is 0. The molecule has 1 aromatic heterocycles. The van der Waals surface area contributed by atoms with Crippen LogP contribution < -0.4 is 20.1 Å². The monoisotopic (exact) mass is 379 g/mol. The van der Waals surface area contributed by atoms with Crippen molar-refractivity contribution in [2.45, 2.75) is 6.54 Å². The number of aromatic nitrogens is 2. The van der Waals surface area contributed by atoms with Gasteiger partial charge in [-0.05, 0) is 48.0 Å². The van der Waals surface area contributed by atoms with Gasteiger partial charge >= 0.3 is 0 Å². The molecule has 3 rings (SSSR count). The summed E-state index contributed by atoms with van der Waals surface area (Å²) in [5.41, 5.74) is 2.19. The highest BCUT2D eigenvalue weighted by molar-refractivity contribution is 5.79. The molecule has 0 amide bonds. The van der Waals surface area contributed by atoms with Crippen molar-refractivity contribution in [1.82, 2.24) is 20.4 Å². The zero-order valence-electron chi connectivity index (χ0n) is 16.1. The maximum absolute atomic E-state index is 5.70. The lowest BCUT2D eigenvalue weighted by atomic mass is 10.2. The van der Waals surface area contributed by atoms with Gasteiger partial charge in [-0.1, -0.05) is 12.1 Å². The number of aliphatic imine (C=N–C) groups is 1. The average molecular weight is 379 g/mol. The maximum Gasteiger partial charge on any atom is 0.191 e. The Bertz CT molecular complexity index is 859. The van der Waals surface area contributed by atoms with Gasteiger partial charge in [0.2, 0.25) is 0 Å². The molecule has 0 aliphatic rings. The van der Waals surface area contributed by atoms with Crippen LogP contribution in [0.2, 0.25) is 0 Å². The van der Waals surface area contributed by atoms with Gasteiger partial charge in [-0.3, -0.25) is 4.99 Å². The number of hydrogen-bond acceptors (Lipinski definition) is 4. The SMILES string of the molecule is CN=C(NCCOc1ccc(OC)cc1)NCc1ccc(-n2cccn2)cc1. The predicted molar refractivity (Wildman–Crippen MR) is 110 cm³/mol. The molecule has 7 nitrogen and oxygen atoms in total. The van der Waals surface area contributed by atoms with Crippen LogP contribution in [0, 0.1) is 0 Å². The third-order valence-corrected chi connectivity index (χ3v) is 4.11. The van der Waals surface area contributed by atoms with Crippen LogP contribution >= 0.6 is 0 Å². The van der Waals surface area contributed by atoms with Crippen LogP contribution in [0.1, 0.15) is 5.56 Å². The summed E-state index contributed by atoms with van der Waals surface area (Å²) in [6.07, 6.45) is 3.69. The first-order chi connectivity index (χ1) is 13.8. The molecule has 0 fully saturated rings. The summed E-state index contributed by atoms with van der Waals surface area (Å²) in [6, 6.07) is 17.7. The minimum atomic E-state index is 0.533. The summed E-state index contributed by atoms with van der Waals surface area (Å²) in [5.74, 6) is 2.35. The van der Waals surface area contributed by atoms with E-state index < -0.39 is 0 Å². The van der Waals surface area contributed by atoms with Crippen molar-refractivity contribution in [2.75, 3.05) is 27.3 Å². The molecule has 0 aliphatic carbocycles. The molecule has 2 aromatic carbocycles. The Morgan fingerprint density at radius 2 is 1.79 bits per heavy atom. The second-order valence-electron chi connectivity index (χ2n) is 5.99. The lowest BCUT2D eigenvalue weighted by molar-refractivity contribution is 0.321. The van der Waals surface area contributed by atoms with Crippen molar-refractivity contribution < 1.29 is 9.47 Å². The molecule has 0 unspecified atom stereocenters. The quantitative estimate of drug-likeness (QED) is 0.358. The highest BCUT2D eigenvalue weighted by Crippen LogP contribution is 2.16. The third-order valence-electron chi connectivity index (χ3n) is 4.11. The smallest absolute Gasteiger partial charge is 0.191 e. The van der Waals surface area contributed by atoms with Crippen LogP contribution in [0.4, 0.5) is 0 Å². The first-order valence-electron chi connectivity index (χ1n) is 9.09. The van der Waals surface area contributed by atoms with Crippen LogP contribution in [-0.4, -0.2) is 43.0 Å². The van der Waals surface area contributed by atoms with E-state index in [1.807, 2.05) is 53.3 Å². The van der Waals surface area contributed by atoms with Gasteiger partial charge in [0, 0.05) is 26.0 Å². The molecular formula is C21H25N5O2. The second kappa shape index (κ2) is 10.0. The highest BCUT2D eigenvalue weighted by Gasteiger charge is 2.01. The van der Waals surface area contributed by atoms with Gasteiger partial charge in [0.15, 0.2) is 5.96 Å². The molecular weight excluding hydrogens is 354 g/mol. The maximum atomic E-state index is 5.70. The normalized spacial score (nSPS) is 11.1. The molecule has 146 valence electrons. The Morgan fingerprint density at radius 1 is 1.04 bits per heavy atom. The molecule has 0 atom stereocenters. The van der Waals surface area contributed by atoms with Crippen molar-refractivity contribution in [1.29, 1.82) is 0 Å². The van der Waals surface area contributed by atoms with E-state index in [1.165, 1.54) is 0 Å². The molecule has 0 aliphatic heterocycles. The molecule has 2 N–H and O–H groups in total. The van der Waals surface area contributed by atoms with Gasteiger partial charge in [-0.15, -0.1) is 0 Å². The van der Waals surface area contributed by atoms with Gasteiger partial charge < -0.3 is 20.1 Å². The van der Waals surface area contributed by atoms with E-state index in [9.17, 15) is 0 Å². The van der Waals surface area contributed by atoms with E-state index in [0.717, 1.165) is 28.7 Å². The van der Waals surface area contributed by atoms with Crippen LogP contribution in [0.3, 0.4) is 0 Å². The van der Waals surface area contributed by atoms with E-state index in [0.29, 0.717) is 19.7 Å². The Kier molecular flexibility index (Phi) is 6.89. The van der Waals surface area contributed by atoms with E-state index in [4.69, 9.17) is 9.47 Å². The van der Waals surface area contributed by atoms with Gasteiger partial charge in [0.25, 0.3) is 0 Å². The molecule has 1 heterocycles. The van der Waals surface area contributed by atoms with Crippen molar-refractivity contribution in [3.8, 4) is 17.2 Å². The van der Waals surface area contributed by atoms with E-state index in [1.54, 1.807) is 20.4 Å². The third kappa shape index (κ3) is 5.51. The Hall–Kier alpha value is -3.48. The topological polar surface area (TPSA) is 72.7 Å². The number of hydrogen-bond donors (Lipinski definition) is 2. The van der Waals surface area contributed by atoms with Gasteiger partial charge in [0.1, 0.15) is 18.1 Å². The molecule has 28 heavy (non-hydrogen) atoms. The number of nitrogens with zero attached hydrogens (tertiary/aromatic N) is 3. The number of benzene rings is 2. The Morgan fingerprint density at radius 3 is 2.43 bits per heavy atom. The second-order valence-corrected chi connectivity index (χ2v) is 5.99. The molecule has 0 saturated carbocycles. The highest BCUT2D eigenvalue weighted by atomic mass is 16.5. The van der Waals surface area contributed by atoms with Crippen LogP contribution in [0.15, 0.2) is 72.0 Å². The lowest BCUT2D eigenvalue weighted by Crippen LogP contribution is -2.38. The van der Waals surface area contributed by atoms with E-state index in [2.05, 4.69) is 32.9 Å². The first-order valence-corrected chi connectivity index (χ1v) is 9.09. The van der Waals surface area contributed by atoms with Crippen LogP contribution in [0.25, 0.3) is 5.69 Å². The predicted octanol–water partition coefficient (Wildman–Crippen LogP) is 2.62. The average Bonchev–Trinajstić information content (AvgIpc) is 3.29. The van der Waals surface area contributed by atoms with Crippen LogP contribution in [0.5, 0.6) is 11.5 Å². The van der Waals surface area contributed by atoms with Crippen molar-refractivity contribution in [3.05, 3.63) is 72.6 Å². The van der Waals surface area contributed by atoms with Crippen molar-refractivity contribution in [3.63, 3.8) is 0 Å². The Balaban J connectivity index is 1.39. The molecule has 0 radical (unpaired) electrons. The van der Waals surface area contributed by atoms with Gasteiger partial charge in [0.05, 0.1) is 19.3 Å². The number of guanidine groups is 1. The largest absolute Gasteiger partial charge is 0.497 e. The lowest BCUT2D eigenvalue weighted by Gasteiger charge is -2.13. The fraction of sp³-hybridized carbons (Fsp3) is 0.238. The summed E-state index contributed by atoms with van der Waals surface area (Å²) in [4.78, 5) is 4.24. The summed E-state index contributed by atoms with van der Waals surface area (Å²) in [7, 11) is 3.40. The fourth-order valence-electron chi connectivity index (χ4n) is 2.60. The Labute approximate surface area is 165 Å². The number of methoxy groups -OCH3 is 1. The summed E-state index contributed by atoms with van der Waals surface area (Å²) in [5, 5.41) is 10.8. The van der Waals surface area contributed by atoms with E-state index >= 15 is 0 Å². The standard InChI is InChI=1S/C21H25N5O2/c1-22-21(23-13-15-28-20-10-8-19(27-2)9-11-20)24-16-17-4-6-18(7-5-17)26-14-3-12-25-26/h3-12,14H,13,15-16H2,1-2H3,(H2,22,23,24). The zero-order chi connectivity index (χ0) is 19.6. The van der Waals surface area contributed by atoms with Gasteiger partial charge in [-0.2, -0.15) is 5.10 Å². The molecule has 0 bridgehead atoms. The van der Waals surface area contributed by atoms with E-state index in [-0.39, 0.29) is 0 Å². The van der Waals surface area contributed by atoms with Crippen molar-refractivity contribution >= 4 is 5.96 Å². The number of ether oxygens (including phenoxy) is 2. The first kappa shape index (κ1) is 19.3. The molecule has 7 heteroatoms.